The third kappa shape index (κ3) is 6.44. The molecule has 238 valence electrons. The smallest absolute Gasteiger partial charge is 0.262 e. The van der Waals surface area contributed by atoms with Crippen molar-refractivity contribution in [3.63, 3.8) is 0 Å². The molecule has 0 radical (unpaired) electrons. The largest absolute Gasteiger partial charge is 0.484 e. The zero-order chi connectivity index (χ0) is 32.8. The Hall–Kier alpha value is -4.45. The monoisotopic (exact) mass is 616 g/mol. The Bertz CT molecular complexity index is 1730. The molecule has 3 aromatic rings. The quantitative estimate of drug-likeness (QED) is 0.290. The number of nitrogens with one attached hydrogen (secondary N) is 1. The summed E-state index contributed by atoms with van der Waals surface area (Å²) in [4.78, 5) is 43.4. The van der Waals surface area contributed by atoms with Crippen LogP contribution in [0.2, 0.25) is 0 Å². The van der Waals surface area contributed by atoms with Crippen LogP contribution in [0.1, 0.15) is 81.5 Å². The molecule has 3 aromatic carbocycles. The number of Topliss-reactive ketones (excluding diaryl/α,β-unsaturated/α-hetero) is 2. The molecule has 1 N–H and O–H groups in total. The molecule has 0 unspecified atom stereocenters. The maximum Gasteiger partial charge on any atom is 0.262 e. The minimum Gasteiger partial charge on any atom is -0.484 e. The van der Waals surface area contributed by atoms with Gasteiger partial charge in [-0.2, -0.15) is 0 Å². The van der Waals surface area contributed by atoms with Gasteiger partial charge in [-0.05, 0) is 84.0 Å². The molecule has 2 aliphatic carbocycles. The molecule has 1 amide bonds. The maximum atomic E-state index is 14.2. The summed E-state index contributed by atoms with van der Waals surface area (Å²) in [6.07, 6.45) is 2.35. The lowest BCUT2D eigenvalue weighted by Crippen LogP contribution is -2.44. The summed E-state index contributed by atoms with van der Waals surface area (Å²) in [5.74, 6) is -0.0181. The Morgan fingerprint density at radius 1 is 0.783 bits per heavy atom. The number of benzene rings is 3. The van der Waals surface area contributed by atoms with Crippen LogP contribution in [0.5, 0.6) is 5.75 Å². The summed E-state index contributed by atoms with van der Waals surface area (Å²) in [7, 11) is 0. The van der Waals surface area contributed by atoms with Crippen LogP contribution in [0.3, 0.4) is 0 Å². The molecule has 0 atom stereocenters. The van der Waals surface area contributed by atoms with E-state index in [0.29, 0.717) is 25.1 Å². The van der Waals surface area contributed by atoms with Gasteiger partial charge < -0.3 is 15.0 Å². The Morgan fingerprint density at radius 2 is 1.41 bits per heavy atom. The van der Waals surface area contributed by atoms with Gasteiger partial charge in [-0.1, -0.05) is 76.2 Å². The summed E-state index contributed by atoms with van der Waals surface area (Å²) in [6, 6.07) is 23.7. The fourth-order valence-corrected chi connectivity index (χ4v) is 7.29. The van der Waals surface area contributed by atoms with E-state index in [0.717, 1.165) is 63.3 Å². The van der Waals surface area contributed by atoms with E-state index in [-0.39, 0.29) is 34.9 Å². The average molecular weight is 617 g/mol. The number of amides is 1. The lowest BCUT2D eigenvalue weighted by atomic mass is 9.63. The van der Waals surface area contributed by atoms with Crippen molar-refractivity contribution in [1.82, 2.24) is 4.90 Å². The number of anilines is 1. The van der Waals surface area contributed by atoms with Crippen molar-refractivity contribution in [2.24, 2.45) is 10.8 Å². The number of aryl methyl sites for hydroxylation is 2. The molecule has 6 heteroatoms. The minimum absolute atomic E-state index is 0.0950. The third-order valence-corrected chi connectivity index (χ3v) is 9.56. The number of ether oxygens (including phenoxy) is 1. The van der Waals surface area contributed by atoms with Gasteiger partial charge in [-0.15, -0.1) is 0 Å². The van der Waals surface area contributed by atoms with E-state index in [2.05, 4.69) is 50.0 Å². The number of hydrogen-bond donors (Lipinski definition) is 1. The molecule has 0 saturated heterocycles. The normalized spacial score (nSPS) is 19.1. The molecular weight excluding hydrogens is 572 g/mol. The van der Waals surface area contributed by atoms with Crippen LogP contribution >= 0.6 is 0 Å². The number of nitrogens with zero attached hydrogens (tertiary/aromatic N) is 1. The zero-order valence-corrected chi connectivity index (χ0v) is 27.8. The molecule has 0 saturated carbocycles. The van der Waals surface area contributed by atoms with Gasteiger partial charge in [-0.25, -0.2) is 0 Å². The average Bonchev–Trinajstić information content (AvgIpc) is 2.98. The number of ketones is 2. The van der Waals surface area contributed by atoms with E-state index in [1.165, 1.54) is 0 Å². The number of carbonyl (C=O) groups is 3. The summed E-state index contributed by atoms with van der Waals surface area (Å²) in [5.41, 5.74) is 8.08. The summed E-state index contributed by atoms with van der Waals surface area (Å²) >= 11 is 0. The van der Waals surface area contributed by atoms with Gasteiger partial charge in [0.1, 0.15) is 5.75 Å². The Balaban J connectivity index is 1.37. The van der Waals surface area contributed by atoms with Crippen LogP contribution in [-0.2, 0) is 20.9 Å². The van der Waals surface area contributed by atoms with Gasteiger partial charge in [0.2, 0.25) is 0 Å². The third-order valence-electron chi connectivity index (χ3n) is 9.56. The maximum absolute atomic E-state index is 14.2. The van der Waals surface area contributed by atoms with E-state index in [1.807, 2.05) is 74.5 Å². The van der Waals surface area contributed by atoms with E-state index in [1.54, 1.807) is 0 Å². The Morgan fingerprint density at radius 3 is 2.02 bits per heavy atom. The van der Waals surface area contributed by atoms with Crippen molar-refractivity contribution in [1.29, 1.82) is 0 Å². The first-order valence-corrected chi connectivity index (χ1v) is 16.2. The van der Waals surface area contributed by atoms with Crippen molar-refractivity contribution in [3.05, 3.63) is 118 Å². The highest BCUT2D eigenvalue weighted by Crippen LogP contribution is 2.55. The van der Waals surface area contributed by atoms with Crippen LogP contribution in [0, 0.1) is 24.7 Å². The number of carbonyl (C=O) groups excluding carboxylic acids is 3. The minimum atomic E-state index is -0.475. The summed E-state index contributed by atoms with van der Waals surface area (Å²) < 4.78 is 5.99. The lowest BCUT2D eigenvalue weighted by Gasteiger charge is -2.49. The summed E-state index contributed by atoms with van der Waals surface area (Å²) in [6.45, 7) is 13.1. The first-order chi connectivity index (χ1) is 21.8. The fraction of sp³-hybridized carbons (Fsp3) is 0.375. The van der Waals surface area contributed by atoms with Crippen molar-refractivity contribution >= 4 is 23.2 Å². The van der Waals surface area contributed by atoms with Gasteiger partial charge in [0.05, 0.1) is 0 Å². The van der Waals surface area contributed by atoms with E-state index in [9.17, 15) is 14.4 Å². The first kappa shape index (κ1) is 31.5. The summed E-state index contributed by atoms with van der Waals surface area (Å²) in [5, 5.41) is 2.91. The molecule has 0 spiro atoms. The highest BCUT2D eigenvalue weighted by Gasteiger charge is 2.49. The number of allylic oxidation sites excluding steroid dienone is 4. The van der Waals surface area contributed by atoms with Crippen molar-refractivity contribution < 1.29 is 19.1 Å². The fourth-order valence-electron chi connectivity index (χ4n) is 7.29. The van der Waals surface area contributed by atoms with Crippen molar-refractivity contribution in [2.75, 3.05) is 11.9 Å². The van der Waals surface area contributed by atoms with Crippen LogP contribution in [0.15, 0.2) is 95.3 Å². The van der Waals surface area contributed by atoms with E-state index < -0.39 is 5.92 Å². The highest BCUT2D eigenvalue weighted by atomic mass is 16.5. The molecule has 0 bridgehead atoms. The van der Waals surface area contributed by atoms with Crippen molar-refractivity contribution in [3.8, 4) is 5.75 Å². The SMILES string of the molecule is Cc1ccc(NC(=O)COc2cccc(C3C4=C(CC(C)(C)CC4=O)N(Cc4ccccc4)C4=C3C(=O)CC(C)(C)C4)c2)cc1C. The predicted octanol–water partition coefficient (Wildman–Crippen LogP) is 8.21. The molecular formula is C40H44N2O4. The Labute approximate surface area is 272 Å². The van der Waals surface area contributed by atoms with Crippen LogP contribution in [0.4, 0.5) is 5.69 Å². The van der Waals surface area contributed by atoms with Crippen LogP contribution in [0.25, 0.3) is 0 Å². The molecule has 0 aromatic heterocycles. The van der Waals surface area contributed by atoms with Gasteiger partial charge >= 0.3 is 0 Å². The second-order valence-corrected chi connectivity index (χ2v) is 14.8. The van der Waals surface area contributed by atoms with E-state index >= 15 is 0 Å². The second-order valence-electron chi connectivity index (χ2n) is 14.8. The van der Waals surface area contributed by atoms with E-state index in [4.69, 9.17) is 4.74 Å². The Kier molecular flexibility index (Phi) is 8.26. The zero-order valence-electron chi connectivity index (χ0n) is 27.8. The van der Waals surface area contributed by atoms with Crippen LogP contribution in [-0.4, -0.2) is 29.0 Å². The predicted molar refractivity (Wildman–Crippen MR) is 181 cm³/mol. The molecule has 6 nitrogen and oxygen atoms in total. The molecule has 1 heterocycles. The molecule has 46 heavy (non-hydrogen) atoms. The van der Waals surface area contributed by atoms with Gasteiger partial charge in [0.15, 0.2) is 18.2 Å². The molecule has 3 aliphatic rings. The molecule has 1 aliphatic heterocycles. The molecule has 6 rings (SSSR count). The highest BCUT2D eigenvalue weighted by molar-refractivity contribution is 6.06. The number of hydrogen-bond acceptors (Lipinski definition) is 5. The first-order valence-electron chi connectivity index (χ1n) is 16.2. The van der Waals surface area contributed by atoms with Gasteiger partial charge in [-0.3, -0.25) is 14.4 Å². The van der Waals surface area contributed by atoms with Gasteiger partial charge in [0.25, 0.3) is 5.91 Å². The van der Waals surface area contributed by atoms with Crippen LogP contribution < -0.4 is 10.1 Å². The standard InChI is InChI=1S/C40H44N2O4/c1-25-15-16-29(17-26(25)2)41-35(45)24-46-30-14-10-13-28(18-30)36-37-31(19-39(3,4)21-33(37)43)42(23-27-11-8-7-9-12-27)32-20-40(5,6)22-34(44)38(32)36/h7-18,36H,19-24H2,1-6H3,(H,41,45). The topological polar surface area (TPSA) is 75.7 Å². The molecule has 0 fully saturated rings. The van der Waals surface area contributed by atoms with Gasteiger partial charge in [0, 0.05) is 53.5 Å². The number of rotatable bonds is 7. The lowest BCUT2D eigenvalue weighted by molar-refractivity contribution is -0.120. The van der Waals surface area contributed by atoms with Crippen molar-refractivity contribution in [2.45, 2.75) is 79.7 Å². The second kappa shape index (κ2) is 12.1.